The summed E-state index contributed by atoms with van der Waals surface area (Å²) in [5.74, 6) is -1.16. The van der Waals surface area contributed by atoms with Crippen LogP contribution in [0.25, 0.3) is 22.0 Å². The molecule has 0 fully saturated rings. The second kappa shape index (κ2) is 8.19. The summed E-state index contributed by atoms with van der Waals surface area (Å²) in [5, 5.41) is 12.7. The Morgan fingerprint density at radius 3 is 2.61 bits per heavy atom. The molecule has 0 radical (unpaired) electrons. The molecule has 3 N–H and O–H groups in total. The van der Waals surface area contributed by atoms with Crippen molar-refractivity contribution in [3.63, 3.8) is 0 Å². The lowest BCUT2D eigenvalue weighted by molar-refractivity contribution is 0.102. The van der Waals surface area contributed by atoms with Crippen LogP contribution in [0.4, 0.5) is 20.6 Å². The van der Waals surface area contributed by atoms with Gasteiger partial charge in [-0.25, -0.2) is 9.18 Å². The molecular formula is C21H18FN7O2. The number of rotatable bonds is 4. The summed E-state index contributed by atoms with van der Waals surface area (Å²) in [6, 6.07) is 8.07. The molecule has 10 heteroatoms. The van der Waals surface area contributed by atoms with Gasteiger partial charge in [0.15, 0.2) is 5.69 Å². The minimum atomic E-state index is -0.591. The lowest BCUT2D eigenvalue weighted by Crippen LogP contribution is -2.27. The largest absolute Gasteiger partial charge is 0.331 e. The average Bonchev–Trinajstić information content (AvgIpc) is 3.19. The molecule has 0 aliphatic rings. The quantitative estimate of drug-likeness (QED) is 0.468. The third-order valence-electron chi connectivity index (χ3n) is 4.52. The second-order valence-electron chi connectivity index (χ2n) is 6.93. The molecule has 156 valence electrons. The van der Waals surface area contributed by atoms with Gasteiger partial charge in [-0.15, -0.1) is 0 Å². The SMILES string of the molecule is CN(C)C(=O)Nc1cncc(-c2ccc3[nH]nc(C(=O)Nc4cnccc4F)c3c2)c1. The predicted molar refractivity (Wildman–Crippen MR) is 114 cm³/mol. The fourth-order valence-electron chi connectivity index (χ4n) is 2.92. The standard InChI is InChI=1S/C21H18FN7O2/c1-29(2)21(31)25-14-7-13(9-24-10-14)12-3-4-17-15(8-12)19(28-27-17)20(30)26-18-11-23-6-5-16(18)22/h3-11H,1-2H3,(H,25,31)(H,26,30)(H,27,28). The van der Waals surface area contributed by atoms with Gasteiger partial charge in [0.25, 0.3) is 5.91 Å². The topological polar surface area (TPSA) is 116 Å². The maximum Gasteiger partial charge on any atom is 0.321 e. The van der Waals surface area contributed by atoms with Crippen LogP contribution in [0.3, 0.4) is 0 Å². The molecule has 0 saturated heterocycles. The van der Waals surface area contributed by atoms with Crippen LogP contribution in [0.2, 0.25) is 0 Å². The van der Waals surface area contributed by atoms with Crippen LogP contribution in [0.1, 0.15) is 10.5 Å². The van der Waals surface area contributed by atoms with Crippen molar-refractivity contribution in [1.82, 2.24) is 25.1 Å². The van der Waals surface area contributed by atoms with Crippen molar-refractivity contribution >= 4 is 34.2 Å². The van der Waals surface area contributed by atoms with Crippen molar-refractivity contribution < 1.29 is 14.0 Å². The smallest absolute Gasteiger partial charge is 0.321 e. The molecule has 9 nitrogen and oxygen atoms in total. The highest BCUT2D eigenvalue weighted by Crippen LogP contribution is 2.27. The van der Waals surface area contributed by atoms with Gasteiger partial charge in [0, 0.05) is 37.4 Å². The molecule has 4 aromatic rings. The number of anilines is 2. The molecule has 0 aliphatic carbocycles. The zero-order valence-electron chi connectivity index (χ0n) is 16.7. The van der Waals surface area contributed by atoms with E-state index in [1.54, 1.807) is 44.7 Å². The Kier molecular flexibility index (Phi) is 5.27. The van der Waals surface area contributed by atoms with E-state index in [9.17, 15) is 14.0 Å². The first-order valence-electron chi connectivity index (χ1n) is 9.25. The Labute approximate surface area is 176 Å². The van der Waals surface area contributed by atoms with E-state index < -0.39 is 11.7 Å². The first-order chi connectivity index (χ1) is 14.9. The van der Waals surface area contributed by atoms with E-state index in [0.717, 1.165) is 17.2 Å². The molecule has 1 aromatic carbocycles. The fourth-order valence-corrected chi connectivity index (χ4v) is 2.92. The monoisotopic (exact) mass is 419 g/mol. The molecule has 3 heterocycles. The third kappa shape index (κ3) is 4.17. The maximum absolute atomic E-state index is 13.8. The lowest BCUT2D eigenvalue weighted by Gasteiger charge is -2.12. The number of H-pyrrole nitrogens is 1. The Morgan fingerprint density at radius 2 is 1.84 bits per heavy atom. The minimum absolute atomic E-state index is 0.0339. The number of nitrogens with one attached hydrogen (secondary N) is 3. The number of aromatic amines is 1. The number of pyridine rings is 2. The van der Waals surface area contributed by atoms with Crippen molar-refractivity contribution in [3.05, 3.63) is 66.6 Å². The van der Waals surface area contributed by atoms with Gasteiger partial charge in [0.2, 0.25) is 0 Å². The highest BCUT2D eigenvalue weighted by molar-refractivity contribution is 6.11. The molecule has 0 spiro atoms. The Bertz CT molecular complexity index is 1290. The number of carbonyl (C=O) groups excluding carboxylic acids is 2. The number of carbonyl (C=O) groups is 2. The molecule has 0 atom stereocenters. The zero-order valence-corrected chi connectivity index (χ0v) is 16.7. The summed E-state index contributed by atoms with van der Waals surface area (Å²) in [4.78, 5) is 34.0. The summed E-state index contributed by atoms with van der Waals surface area (Å²) < 4.78 is 13.8. The Hall–Kier alpha value is -4.34. The number of amides is 3. The summed E-state index contributed by atoms with van der Waals surface area (Å²) in [7, 11) is 3.28. The van der Waals surface area contributed by atoms with Crippen molar-refractivity contribution in [3.8, 4) is 11.1 Å². The molecule has 3 aromatic heterocycles. The van der Waals surface area contributed by atoms with E-state index in [1.807, 2.05) is 6.07 Å². The number of hydrogen-bond donors (Lipinski definition) is 3. The highest BCUT2D eigenvalue weighted by atomic mass is 19.1. The van der Waals surface area contributed by atoms with Gasteiger partial charge >= 0.3 is 6.03 Å². The second-order valence-corrected chi connectivity index (χ2v) is 6.93. The maximum atomic E-state index is 13.8. The van der Waals surface area contributed by atoms with Gasteiger partial charge < -0.3 is 15.5 Å². The number of benzene rings is 1. The van der Waals surface area contributed by atoms with Crippen molar-refractivity contribution in [1.29, 1.82) is 0 Å². The van der Waals surface area contributed by atoms with E-state index in [1.165, 1.54) is 17.3 Å². The molecule has 4 rings (SSSR count). The Morgan fingerprint density at radius 1 is 1.00 bits per heavy atom. The van der Waals surface area contributed by atoms with Crippen LogP contribution in [-0.2, 0) is 0 Å². The average molecular weight is 419 g/mol. The van der Waals surface area contributed by atoms with E-state index in [4.69, 9.17) is 0 Å². The number of hydrogen-bond acceptors (Lipinski definition) is 5. The molecule has 0 saturated carbocycles. The van der Waals surface area contributed by atoms with Gasteiger partial charge in [0.05, 0.1) is 29.3 Å². The third-order valence-corrected chi connectivity index (χ3v) is 4.52. The van der Waals surface area contributed by atoms with Gasteiger partial charge in [-0.2, -0.15) is 5.10 Å². The van der Waals surface area contributed by atoms with E-state index in [2.05, 4.69) is 30.8 Å². The van der Waals surface area contributed by atoms with Crippen LogP contribution in [0.15, 0.2) is 55.1 Å². The summed E-state index contributed by atoms with van der Waals surface area (Å²) in [6.45, 7) is 0. The van der Waals surface area contributed by atoms with E-state index in [0.29, 0.717) is 16.6 Å². The van der Waals surface area contributed by atoms with Gasteiger partial charge in [-0.3, -0.25) is 19.9 Å². The molecule has 3 amide bonds. The van der Waals surface area contributed by atoms with Crippen LogP contribution in [0, 0.1) is 5.82 Å². The van der Waals surface area contributed by atoms with E-state index >= 15 is 0 Å². The van der Waals surface area contributed by atoms with Crippen molar-refractivity contribution in [2.75, 3.05) is 24.7 Å². The minimum Gasteiger partial charge on any atom is -0.331 e. The van der Waals surface area contributed by atoms with Gasteiger partial charge in [-0.05, 0) is 29.8 Å². The fraction of sp³-hybridized carbons (Fsp3) is 0.0952. The zero-order chi connectivity index (χ0) is 22.0. The molecule has 0 aliphatic heterocycles. The number of urea groups is 1. The summed E-state index contributed by atoms with van der Waals surface area (Å²) in [5.41, 5.74) is 2.77. The summed E-state index contributed by atoms with van der Waals surface area (Å²) >= 11 is 0. The molecule has 0 unspecified atom stereocenters. The van der Waals surface area contributed by atoms with Crippen molar-refractivity contribution in [2.24, 2.45) is 0 Å². The van der Waals surface area contributed by atoms with Crippen LogP contribution >= 0.6 is 0 Å². The summed E-state index contributed by atoms with van der Waals surface area (Å²) in [6.07, 6.45) is 5.72. The predicted octanol–water partition coefficient (Wildman–Crippen LogP) is 3.50. The molecular weight excluding hydrogens is 401 g/mol. The van der Waals surface area contributed by atoms with Crippen LogP contribution in [-0.4, -0.2) is 51.1 Å². The highest BCUT2D eigenvalue weighted by Gasteiger charge is 2.17. The molecule has 0 bridgehead atoms. The number of nitrogens with zero attached hydrogens (tertiary/aromatic N) is 4. The van der Waals surface area contributed by atoms with Crippen LogP contribution < -0.4 is 10.6 Å². The first-order valence-corrected chi connectivity index (χ1v) is 9.25. The Balaban J connectivity index is 1.65. The number of aromatic nitrogens is 4. The van der Waals surface area contributed by atoms with Gasteiger partial charge in [-0.1, -0.05) is 6.07 Å². The van der Waals surface area contributed by atoms with E-state index in [-0.39, 0.29) is 17.4 Å². The number of fused-ring (bicyclic) bond motifs is 1. The normalized spacial score (nSPS) is 10.7. The molecule has 31 heavy (non-hydrogen) atoms. The van der Waals surface area contributed by atoms with Crippen LogP contribution in [0.5, 0.6) is 0 Å². The first kappa shape index (κ1) is 20.0. The van der Waals surface area contributed by atoms with Crippen molar-refractivity contribution in [2.45, 2.75) is 0 Å². The number of halogens is 1. The van der Waals surface area contributed by atoms with Gasteiger partial charge in [0.1, 0.15) is 5.82 Å². The lowest BCUT2D eigenvalue weighted by atomic mass is 10.0.